The lowest BCUT2D eigenvalue weighted by atomic mass is 10.0. The number of aromatic amines is 1. The molecule has 6 rings (SSSR count). The van der Waals surface area contributed by atoms with Crippen LogP contribution < -0.4 is 5.73 Å². The summed E-state index contributed by atoms with van der Waals surface area (Å²) in [5.74, 6) is -1.59. The van der Waals surface area contributed by atoms with Gasteiger partial charge in [0.15, 0.2) is 21.3 Å². The fraction of sp³-hybridized carbons (Fsp3) is 0.143. The molecule has 0 saturated carbocycles. The molecule has 0 aliphatic rings. The highest BCUT2D eigenvalue weighted by atomic mass is 32.2. The van der Waals surface area contributed by atoms with E-state index in [2.05, 4.69) is 20.1 Å². The molecule has 0 saturated heterocycles. The van der Waals surface area contributed by atoms with Crippen LogP contribution in [0.15, 0.2) is 72.1 Å². The van der Waals surface area contributed by atoms with Gasteiger partial charge in [-0.3, -0.25) is 0 Å². The van der Waals surface area contributed by atoms with E-state index in [0.29, 0.717) is 40.6 Å². The molecule has 4 heterocycles. The second-order valence-corrected chi connectivity index (χ2v) is 11.7. The Morgan fingerprint density at radius 2 is 1.75 bits per heavy atom. The molecule has 0 bridgehead atoms. The predicted molar refractivity (Wildman–Crippen MR) is 155 cm³/mol. The number of fused-ring (bicyclic) bond motifs is 2. The van der Waals surface area contributed by atoms with E-state index in [1.807, 2.05) is 43.3 Å². The Morgan fingerprint density at radius 1 is 1.05 bits per heavy atom. The zero-order valence-electron chi connectivity index (χ0n) is 23.0. The van der Waals surface area contributed by atoms with Gasteiger partial charge in [0.1, 0.15) is 17.0 Å². The Hall–Kier alpha value is -5.38. The predicted octanol–water partition coefficient (Wildman–Crippen LogP) is 4.27. The molecule has 0 radical (unpaired) electrons. The maximum absolute atomic E-state index is 11.8. The van der Waals surface area contributed by atoms with Crippen LogP contribution in [0.4, 0.5) is 18.9 Å². The van der Waals surface area contributed by atoms with Crippen LogP contribution in [0.5, 0.6) is 0 Å². The molecule has 0 aliphatic carbocycles. The Morgan fingerprint density at radius 3 is 2.41 bits per heavy atom. The van der Waals surface area contributed by atoms with E-state index < -0.39 is 22.0 Å². The van der Waals surface area contributed by atoms with Crippen LogP contribution in [0, 0.1) is 6.92 Å². The van der Waals surface area contributed by atoms with Gasteiger partial charge in [0, 0.05) is 29.1 Å². The highest BCUT2D eigenvalue weighted by Gasteiger charge is 2.38. The van der Waals surface area contributed by atoms with Gasteiger partial charge in [-0.2, -0.15) is 18.3 Å². The van der Waals surface area contributed by atoms with Crippen molar-refractivity contribution in [1.29, 1.82) is 0 Å². The zero-order valence-corrected chi connectivity index (χ0v) is 23.8. The summed E-state index contributed by atoms with van der Waals surface area (Å²) in [7, 11) is -3.26. The summed E-state index contributed by atoms with van der Waals surface area (Å²) >= 11 is 0. The topological polar surface area (TPSA) is 183 Å². The number of nitrogens with two attached hydrogens (primary N) is 1. The molecule has 12 nitrogen and oxygen atoms in total. The molecule has 0 unspecified atom stereocenters. The number of hydrogen-bond acceptors (Lipinski definition) is 9. The average molecular weight is 625 g/mol. The van der Waals surface area contributed by atoms with Crippen LogP contribution in [-0.2, 0) is 21.1 Å². The minimum absolute atomic E-state index is 0.286. The number of anilines is 1. The van der Waals surface area contributed by atoms with Crippen LogP contribution in [-0.4, -0.2) is 66.6 Å². The van der Waals surface area contributed by atoms with Crippen molar-refractivity contribution in [1.82, 2.24) is 34.7 Å². The maximum Gasteiger partial charge on any atom is 0.490 e. The van der Waals surface area contributed by atoms with E-state index in [4.69, 9.17) is 25.6 Å². The number of aryl methyl sites for hydroxylation is 1. The number of alkyl halides is 3. The van der Waals surface area contributed by atoms with Gasteiger partial charge in [-0.25, -0.2) is 37.8 Å². The van der Waals surface area contributed by atoms with Crippen molar-refractivity contribution in [3.63, 3.8) is 0 Å². The van der Waals surface area contributed by atoms with E-state index in [9.17, 15) is 21.6 Å². The zero-order chi connectivity index (χ0) is 31.8. The molecular weight excluding hydrogens is 601 g/mol. The third kappa shape index (κ3) is 6.19. The number of carboxylic acids is 1. The quantitative estimate of drug-likeness (QED) is 0.234. The molecule has 44 heavy (non-hydrogen) atoms. The number of nitrogens with zero attached hydrogens (tertiary/aromatic N) is 6. The first kappa shape index (κ1) is 30.1. The first-order valence-corrected chi connectivity index (χ1v) is 14.6. The van der Waals surface area contributed by atoms with Gasteiger partial charge < -0.3 is 15.8 Å². The summed E-state index contributed by atoms with van der Waals surface area (Å²) in [6.07, 6.45) is 1.77. The molecule has 0 aliphatic heterocycles. The van der Waals surface area contributed by atoms with Gasteiger partial charge in [0.05, 0.1) is 22.9 Å². The average Bonchev–Trinajstić information content (AvgIpc) is 3.60. The van der Waals surface area contributed by atoms with E-state index >= 15 is 0 Å². The molecule has 0 atom stereocenters. The van der Waals surface area contributed by atoms with Crippen LogP contribution >= 0.6 is 0 Å². The van der Waals surface area contributed by atoms with Gasteiger partial charge in [-0.1, -0.05) is 18.2 Å². The lowest BCUT2D eigenvalue weighted by molar-refractivity contribution is -0.192. The third-order valence-corrected chi connectivity index (χ3v) is 7.55. The van der Waals surface area contributed by atoms with Crippen LogP contribution in [0.2, 0.25) is 0 Å². The Bertz CT molecular complexity index is 2130. The molecule has 16 heteroatoms. The second-order valence-electron chi connectivity index (χ2n) is 9.67. The van der Waals surface area contributed by atoms with E-state index in [1.54, 1.807) is 35.5 Å². The van der Waals surface area contributed by atoms with Crippen molar-refractivity contribution in [2.24, 2.45) is 0 Å². The third-order valence-electron chi connectivity index (χ3n) is 6.43. The highest BCUT2D eigenvalue weighted by molar-refractivity contribution is 7.90. The number of carboxylic acid groups (broad SMARTS) is 1. The summed E-state index contributed by atoms with van der Waals surface area (Å²) in [5, 5.41) is 12.6. The molecule has 226 valence electrons. The molecule has 0 amide bonds. The molecular formula is C28H23F3N8O4S. The number of aromatic nitrogens is 7. The SMILES string of the molecule is Cc1nc(-c2cc(Cc3ccc(S(C)(=O)=O)cc3)cnc2-n2ncc3c(N)cccc32)c2[nH]cnc2n1.O=C(O)C(F)(F)F. The summed E-state index contributed by atoms with van der Waals surface area (Å²) < 4.78 is 57.2. The lowest BCUT2D eigenvalue weighted by Gasteiger charge is -2.13. The smallest absolute Gasteiger partial charge is 0.475 e. The lowest BCUT2D eigenvalue weighted by Crippen LogP contribution is -2.21. The molecule has 0 spiro atoms. The Balaban J connectivity index is 0.000000493. The molecule has 6 aromatic rings. The number of halogens is 3. The van der Waals surface area contributed by atoms with E-state index in [-0.39, 0.29) is 4.90 Å². The Labute approximate surface area is 247 Å². The molecule has 2 aromatic carbocycles. The first-order valence-electron chi connectivity index (χ1n) is 12.7. The van der Waals surface area contributed by atoms with Crippen LogP contribution in [0.1, 0.15) is 17.0 Å². The number of nitrogens with one attached hydrogen (secondary N) is 1. The number of imidazole rings is 1. The van der Waals surface area contributed by atoms with E-state index in [0.717, 1.165) is 27.6 Å². The number of benzene rings is 2. The van der Waals surface area contributed by atoms with Crippen molar-refractivity contribution in [3.05, 3.63) is 84.2 Å². The van der Waals surface area contributed by atoms with Gasteiger partial charge >= 0.3 is 12.1 Å². The van der Waals surface area contributed by atoms with Crippen LogP contribution in [0.25, 0.3) is 39.1 Å². The van der Waals surface area contributed by atoms with Crippen molar-refractivity contribution in [3.8, 4) is 17.1 Å². The van der Waals surface area contributed by atoms with Crippen molar-refractivity contribution in [2.75, 3.05) is 12.0 Å². The number of hydrogen-bond donors (Lipinski definition) is 3. The fourth-order valence-corrected chi connectivity index (χ4v) is 5.04. The summed E-state index contributed by atoms with van der Waals surface area (Å²) in [5.41, 5.74) is 12.2. The number of sulfone groups is 1. The normalized spacial score (nSPS) is 11.8. The number of nitrogen functional groups attached to an aromatic ring is 1. The number of aliphatic carboxylic acids is 1. The Kier molecular flexibility index (Phi) is 7.77. The van der Waals surface area contributed by atoms with Gasteiger partial charge in [-0.15, -0.1) is 0 Å². The van der Waals surface area contributed by atoms with Crippen molar-refractivity contribution < 1.29 is 31.5 Å². The van der Waals surface area contributed by atoms with E-state index in [1.165, 1.54) is 6.26 Å². The number of carbonyl (C=O) groups is 1. The molecule has 4 aromatic heterocycles. The van der Waals surface area contributed by atoms with Gasteiger partial charge in [0.25, 0.3) is 0 Å². The monoisotopic (exact) mass is 624 g/mol. The fourth-order valence-electron chi connectivity index (χ4n) is 4.41. The second kappa shape index (κ2) is 11.4. The number of rotatable bonds is 5. The minimum atomic E-state index is -5.08. The maximum atomic E-state index is 11.8. The standard InChI is InChI=1S/C26H22N8O2S.C2HF3O2/c1-15-32-23(24-25(33-15)30-14-29-24)19-11-17(10-16-6-8-18(9-7-16)37(2,35)36)12-28-26(19)34-22-5-3-4-21(27)20(22)13-31-34;3-2(4,5)1(6)7/h3-9,11-14H,10,27H2,1-2H3,(H,29,30,32,33);(H,6,7). The molecule has 4 N–H and O–H groups in total. The molecule has 0 fully saturated rings. The summed E-state index contributed by atoms with van der Waals surface area (Å²) in [4.78, 5) is 30.7. The summed E-state index contributed by atoms with van der Waals surface area (Å²) in [6, 6.07) is 14.6. The highest BCUT2D eigenvalue weighted by Crippen LogP contribution is 2.32. The van der Waals surface area contributed by atoms with Crippen molar-refractivity contribution in [2.45, 2.75) is 24.4 Å². The summed E-state index contributed by atoms with van der Waals surface area (Å²) in [6.45, 7) is 1.82. The number of pyridine rings is 1. The first-order chi connectivity index (χ1) is 20.7. The van der Waals surface area contributed by atoms with Gasteiger partial charge in [0.2, 0.25) is 0 Å². The van der Waals surface area contributed by atoms with Crippen molar-refractivity contribution >= 4 is 43.6 Å². The van der Waals surface area contributed by atoms with Crippen LogP contribution in [0.3, 0.4) is 0 Å². The minimum Gasteiger partial charge on any atom is -0.475 e. The van der Waals surface area contributed by atoms with Gasteiger partial charge in [-0.05, 0) is 54.8 Å². The number of H-pyrrole nitrogens is 1. The largest absolute Gasteiger partial charge is 0.490 e.